The van der Waals surface area contributed by atoms with Gasteiger partial charge in [-0.3, -0.25) is 0 Å². The van der Waals surface area contributed by atoms with Gasteiger partial charge in [0.25, 0.3) is 0 Å². The van der Waals surface area contributed by atoms with Crippen LogP contribution in [0.3, 0.4) is 0 Å². The summed E-state index contributed by atoms with van der Waals surface area (Å²) < 4.78 is 0. The molecule has 0 amide bonds. The fourth-order valence-corrected chi connectivity index (χ4v) is 3.29. The van der Waals surface area contributed by atoms with Crippen molar-refractivity contribution in [2.45, 2.75) is 37.4 Å². The minimum absolute atomic E-state index is 0.790. The molecule has 20 heavy (non-hydrogen) atoms. The Morgan fingerprint density at radius 3 is 1.75 bits per heavy atom. The van der Waals surface area contributed by atoms with E-state index in [1.807, 2.05) is 0 Å². The van der Waals surface area contributed by atoms with Crippen LogP contribution in [-0.2, 0) is 0 Å². The van der Waals surface area contributed by atoms with Crippen molar-refractivity contribution in [1.82, 2.24) is 0 Å². The highest BCUT2D eigenvalue weighted by Gasteiger charge is 2.19. The lowest BCUT2D eigenvalue weighted by molar-refractivity contribution is 0.444. The molecule has 1 aliphatic rings. The fraction of sp³-hybridized carbons (Fsp3) is 0.333. The zero-order valence-electron chi connectivity index (χ0n) is 12.6. The van der Waals surface area contributed by atoms with Gasteiger partial charge in [-0.1, -0.05) is 72.7 Å². The van der Waals surface area contributed by atoms with Crippen LogP contribution < -0.4 is 5.46 Å². The Labute approximate surface area is 124 Å². The first-order chi connectivity index (χ1) is 9.72. The molecular weight excluding hydrogens is 238 g/mol. The number of hydrogen-bond donors (Lipinski definition) is 0. The summed E-state index contributed by atoms with van der Waals surface area (Å²) in [5.41, 5.74) is 5.51. The lowest BCUT2D eigenvalue weighted by atomic mass is 9.70. The zero-order chi connectivity index (χ0) is 13.9. The quantitative estimate of drug-likeness (QED) is 0.728. The highest BCUT2D eigenvalue weighted by Crippen LogP contribution is 2.37. The smallest absolute Gasteiger partial charge is 0.0889 e. The van der Waals surface area contributed by atoms with Crippen LogP contribution in [0, 0.1) is 0 Å². The van der Waals surface area contributed by atoms with Gasteiger partial charge in [0.05, 0.1) is 0 Å². The van der Waals surface area contributed by atoms with E-state index in [1.165, 1.54) is 47.8 Å². The van der Waals surface area contributed by atoms with E-state index < -0.39 is 0 Å². The van der Waals surface area contributed by atoms with Crippen LogP contribution in [0.5, 0.6) is 0 Å². The van der Waals surface area contributed by atoms with E-state index in [9.17, 15) is 0 Å². The van der Waals surface area contributed by atoms with Crippen LogP contribution in [0.15, 0.2) is 48.5 Å². The van der Waals surface area contributed by atoms with Crippen LogP contribution in [0.2, 0.25) is 5.82 Å². The largest absolute Gasteiger partial charge is 0.139 e. The molecule has 2 aromatic carbocycles. The van der Waals surface area contributed by atoms with Crippen molar-refractivity contribution in [3.8, 4) is 11.1 Å². The molecular formula is C18H22B2. The number of rotatable bonds is 2. The van der Waals surface area contributed by atoms with E-state index in [2.05, 4.69) is 64.2 Å². The number of benzene rings is 2. The minimum Gasteiger partial charge on any atom is -0.0889 e. The zero-order valence-corrected chi connectivity index (χ0v) is 12.6. The van der Waals surface area contributed by atoms with Crippen molar-refractivity contribution in [2.75, 3.05) is 0 Å². The lowest BCUT2D eigenvalue weighted by Gasteiger charge is -2.26. The molecule has 0 spiro atoms. The molecule has 1 aliphatic carbocycles. The van der Waals surface area contributed by atoms with Crippen LogP contribution in [0.25, 0.3) is 11.1 Å². The fourth-order valence-electron chi connectivity index (χ4n) is 3.29. The van der Waals surface area contributed by atoms with Gasteiger partial charge in [-0.15, -0.1) is 0 Å². The van der Waals surface area contributed by atoms with Gasteiger partial charge in [-0.25, -0.2) is 0 Å². The van der Waals surface area contributed by atoms with Crippen molar-refractivity contribution in [3.63, 3.8) is 0 Å². The van der Waals surface area contributed by atoms with Gasteiger partial charge in [0.1, 0.15) is 15.7 Å². The van der Waals surface area contributed by atoms with Crippen molar-refractivity contribution in [1.29, 1.82) is 0 Å². The Morgan fingerprint density at radius 2 is 1.20 bits per heavy atom. The summed E-state index contributed by atoms with van der Waals surface area (Å²) in [5, 5.41) is 0. The second-order valence-electron chi connectivity index (χ2n) is 6.44. The van der Waals surface area contributed by atoms with Gasteiger partial charge < -0.3 is 0 Å². The van der Waals surface area contributed by atoms with Crippen LogP contribution >= 0.6 is 0 Å². The Balaban J connectivity index is 1.76. The lowest BCUT2D eigenvalue weighted by Crippen LogP contribution is -2.09. The van der Waals surface area contributed by atoms with E-state index in [0.717, 1.165) is 11.7 Å². The Kier molecular flexibility index (Phi) is 4.00. The van der Waals surface area contributed by atoms with Crippen LogP contribution in [0.1, 0.15) is 37.2 Å². The minimum atomic E-state index is 0.790. The molecule has 0 N–H and O–H groups in total. The molecule has 0 nitrogen and oxygen atoms in total. The molecule has 0 heterocycles. The summed E-state index contributed by atoms with van der Waals surface area (Å²) in [5.74, 6) is 1.72. The van der Waals surface area contributed by atoms with Crippen LogP contribution in [-0.4, -0.2) is 15.7 Å². The second kappa shape index (κ2) is 5.91. The molecule has 2 heteroatoms. The van der Waals surface area contributed by atoms with Gasteiger partial charge in [-0.2, -0.15) is 0 Å². The monoisotopic (exact) mass is 260 g/mol. The SMILES string of the molecule is Bc1ccc(-c2ccc(C3CCC(B)CC3)cc2)cc1. The summed E-state index contributed by atoms with van der Waals surface area (Å²) in [6.07, 6.45) is 5.52. The van der Waals surface area contributed by atoms with Crippen molar-refractivity contribution < 1.29 is 0 Å². The highest BCUT2D eigenvalue weighted by molar-refractivity contribution is 6.32. The van der Waals surface area contributed by atoms with E-state index in [4.69, 9.17) is 0 Å². The number of hydrogen-bond acceptors (Lipinski definition) is 0. The molecule has 0 radical (unpaired) electrons. The molecule has 3 rings (SSSR count). The molecule has 0 saturated heterocycles. The second-order valence-corrected chi connectivity index (χ2v) is 6.44. The summed E-state index contributed by atoms with van der Waals surface area (Å²) in [6, 6.07) is 18.1. The Bertz CT molecular complexity index is 549. The third-order valence-corrected chi connectivity index (χ3v) is 4.78. The highest BCUT2D eigenvalue weighted by atomic mass is 14.2. The predicted molar refractivity (Wildman–Crippen MR) is 93.6 cm³/mol. The summed E-state index contributed by atoms with van der Waals surface area (Å²) in [4.78, 5) is 0. The molecule has 100 valence electrons. The third-order valence-electron chi connectivity index (χ3n) is 4.78. The summed E-state index contributed by atoms with van der Waals surface area (Å²) in [6.45, 7) is 0. The summed E-state index contributed by atoms with van der Waals surface area (Å²) >= 11 is 0. The average Bonchev–Trinajstić information content (AvgIpc) is 2.49. The third kappa shape index (κ3) is 3.00. The first-order valence-electron chi connectivity index (χ1n) is 7.89. The van der Waals surface area contributed by atoms with Gasteiger partial charge in [0.15, 0.2) is 0 Å². The Morgan fingerprint density at radius 1 is 0.700 bits per heavy atom. The molecule has 0 bridgehead atoms. The van der Waals surface area contributed by atoms with E-state index >= 15 is 0 Å². The molecule has 0 aliphatic heterocycles. The predicted octanol–water partition coefficient (Wildman–Crippen LogP) is 2.69. The van der Waals surface area contributed by atoms with E-state index in [-0.39, 0.29) is 0 Å². The maximum atomic E-state index is 2.39. The first kappa shape index (κ1) is 13.5. The molecule has 0 unspecified atom stereocenters. The molecule has 1 fully saturated rings. The van der Waals surface area contributed by atoms with Gasteiger partial charge >= 0.3 is 0 Å². The molecule has 2 aromatic rings. The van der Waals surface area contributed by atoms with Gasteiger partial charge in [0, 0.05) is 0 Å². The maximum Gasteiger partial charge on any atom is 0.139 e. The van der Waals surface area contributed by atoms with Crippen molar-refractivity contribution in [3.05, 3.63) is 54.1 Å². The van der Waals surface area contributed by atoms with Gasteiger partial charge in [0.2, 0.25) is 0 Å². The normalized spacial score (nSPS) is 22.6. The van der Waals surface area contributed by atoms with Crippen LogP contribution in [0.4, 0.5) is 0 Å². The molecule has 0 atom stereocenters. The average molecular weight is 260 g/mol. The van der Waals surface area contributed by atoms with E-state index in [0.29, 0.717) is 0 Å². The van der Waals surface area contributed by atoms with E-state index in [1.54, 1.807) is 0 Å². The molecule has 0 aromatic heterocycles. The standard InChI is InChI=1S/C18H22B2/c19-17-9-5-15(6-10-17)13-1-2-14(4-3-13)16-7-11-18(20)12-8-16/h1-6,9-10,16,18H,7-8,11-12,19-20H2. The first-order valence-corrected chi connectivity index (χ1v) is 7.89. The topological polar surface area (TPSA) is 0 Å². The maximum absolute atomic E-state index is 2.39. The Hall–Kier alpha value is -1.43. The molecule has 1 saturated carbocycles. The summed E-state index contributed by atoms with van der Waals surface area (Å²) in [7, 11) is 4.52. The van der Waals surface area contributed by atoms with Crippen molar-refractivity contribution >= 4 is 21.2 Å². The van der Waals surface area contributed by atoms with Gasteiger partial charge in [-0.05, 0) is 35.4 Å². The van der Waals surface area contributed by atoms with Crippen molar-refractivity contribution in [2.24, 2.45) is 0 Å².